The van der Waals surface area contributed by atoms with Crippen molar-refractivity contribution >= 4 is 5.91 Å². The van der Waals surface area contributed by atoms with Gasteiger partial charge in [-0.1, -0.05) is 12.1 Å². The summed E-state index contributed by atoms with van der Waals surface area (Å²) in [6.45, 7) is 0.840. The molecule has 1 amide bonds. The first-order chi connectivity index (χ1) is 11.7. The van der Waals surface area contributed by atoms with E-state index in [4.69, 9.17) is 4.74 Å². The first-order valence-corrected chi connectivity index (χ1v) is 8.67. The lowest BCUT2D eigenvalue weighted by molar-refractivity contribution is -0.122. The Morgan fingerprint density at radius 3 is 2.96 bits per heavy atom. The summed E-state index contributed by atoms with van der Waals surface area (Å²) in [6, 6.07) is 8.37. The van der Waals surface area contributed by atoms with Crippen molar-refractivity contribution in [3.8, 4) is 5.75 Å². The lowest BCUT2D eigenvalue weighted by Gasteiger charge is -2.24. The molecule has 0 saturated carbocycles. The zero-order chi connectivity index (χ0) is 16.8. The molecule has 0 saturated heterocycles. The van der Waals surface area contributed by atoms with Crippen molar-refractivity contribution in [1.82, 2.24) is 14.9 Å². The van der Waals surface area contributed by atoms with Crippen LogP contribution in [0.25, 0.3) is 0 Å². The number of methoxy groups -OCH3 is 1. The molecule has 24 heavy (non-hydrogen) atoms. The second-order valence-corrected chi connectivity index (χ2v) is 6.35. The quantitative estimate of drug-likeness (QED) is 0.796. The Bertz CT molecular complexity index is 664. The smallest absolute Gasteiger partial charge is 0.220 e. The Morgan fingerprint density at radius 2 is 2.17 bits per heavy atom. The van der Waals surface area contributed by atoms with Crippen LogP contribution in [-0.2, 0) is 24.2 Å². The molecule has 0 spiro atoms. The molecular formula is C19H25N3O2. The number of carbonyl (C=O) groups excluding carboxylic acids is 1. The monoisotopic (exact) mass is 327 g/mol. The number of amides is 1. The highest BCUT2D eigenvalue weighted by Crippen LogP contribution is 2.15. The lowest BCUT2D eigenvalue weighted by Crippen LogP contribution is -2.40. The molecule has 0 fully saturated rings. The van der Waals surface area contributed by atoms with E-state index in [1.54, 1.807) is 7.11 Å². The molecule has 1 aliphatic heterocycles. The average Bonchev–Trinajstić information content (AvgIpc) is 3.07. The molecule has 0 aliphatic carbocycles. The Balaban J connectivity index is 1.34. The number of ether oxygens (including phenoxy) is 1. The normalized spacial score (nSPS) is 16.5. The van der Waals surface area contributed by atoms with Gasteiger partial charge < -0.3 is 14.6 Å². The van der Waals surface area contributed by atoms with Crippen molar-refractivity contribution in [3.05, 3.63) is 48.0 Å². The third-order valence-corrected chi connectivity index (χ3v) is 4.58. The highest BCUT2D eigenvalue weighted by atomic mass is 16.5. The second kappa shape index (κ2) is 7.99. The summed E-state index contributed by atoms with van der Waals surface area (Å²) in [6.07, 6.45) is 9.28. The largest absolute Gasteiger partial charge is 0.497 e. The van der Waals surface area contributed by atoms with Gasteiger partial charge in [-0.25, -0.2) is 4.98 Å². The van der Waals surface area contributed by atoms with Gasteiger partial charge in [0, 0.05) is 37.8 Å². The number of nitrogens with zero attached hydrogens (tertiary/aromatic N) is 2. The average molecular weight is 327 g/mol. The van der Waals surface area contributed by atoms with Crippen molar-refractivity contribution in [2.75, 3.05) is 7.11 Å². The third-order valence-electron chi connectivity index (χ3n) is 4.58. The maximum absolute atomic E-state index is 12.1. The van der Waals surface area contributed by atoms with Crippen LogP contribution in [0.5, 0.6) is 5.75 Å². The van der Waals surface area contributed by atoms with E-state index in [1.165, 1.54) is 5.56 Å². The molecule has 5 nitrogen and oxygen atoms in total. The molecule has 0 radical (unpaired) electrons. The standard InChI is InChI=1S/C19H25N3O2/c1-24-17-9-6-15(7-10-17)4-2-3-5-19(23)21-16-8-11-18-20-12-13-22(18)14-16/h6-7,9-10,12-13,16H,2-5,8,11,14H2,1H3,(H,21,23)/t16-/m1/s1. The highest BCUT2D eigenvalue weighted by Gasteiger charge is 2.19. The number of hydrogen-bond acceptors (Lipinski definition) is 3. The second-order valence-electron chi connectivity index (χ2n) is 6.35. The van der Waals surface area contributed by atoms with Crippen molar-refractivity contribution in [3.63, 3.8) is 0 Å². The molecule has 128 valence electrons. The van der Waals surface area contributed by atoms with Crippen LogP contribution in [0.2, 0.25) is 0 Å². The number of aromatic nitrogens is 2. The first-order valence-electron chi connectivity index (χ1n) is 8.67. The molecule has 1 aromatic heterocycles. The van der Waals surface area contributed by atoms with Crippen LogP contribution < -0.4 is 10.1 Å². The molecule has 2 heterocycles. The van der Waals surface area contributed by atoms with Crippen LogP contribution in [0.4, 0.5) is 0 Å². The molecular weight excluding hydrogens is 302 g/mol. The van der Waals surface area contributed by atoms with Gasteiger partial charge in [-0.15, -0.1) is 0 Å². The van der Waals surface area contributed by atoms with E-state index in [0.717, 1.165) is 50.2 Å². The van der Waals surface area contributed by atoms with Crippen molar-refractivity contribution < 1.29 is 9.53 Å². The summed E-state index contributed by atoms with van der Waals surface area (Å²) in [5, 5.41) is 3.16. The number of imidazole rings is 1. The number of hydrogen-bond donors (Lipinski definition) is 1. The SMILES string of the molecule is COc1ccc(CCCCC(=O)N[C@@H]2CCc3nccn3C2)cc1. The molecule has 2 aromatic rings. The van der Waals surface area contributed by atoms with E-state index in [0.29, 0.717) is 6.42 Å². The molecule has 1 aliphatic rings. The summed E-state index contributed by atoms with van der Waals surface area (Å²) in [5.74, 6) is 2.17. The van der Waals surface area contributed by atoms with E-state index >= 15 is 0 Å². The fourth-order valence-corrected chi connectivity index (χ4v) is 3.19. The molecule has 1 N–H and O–H groups in total. The summed E-state index contributed by atoms with van der Waals surface area (Å²) < 4.78 is 7.29. The van der Waals surface area contributed by atoms with Gasteiger partial charge in [-0.05, 0) is 43.4 Å². The Hall–Kier alpha value is -2.30. The summed E-state index contributed by atoms with van der Waals surface area (Å²) >= 11 is 0. The highest BCUT2D eigenvalue weighted by molar-refractivity contribution is 5.76. The fraction of sp³-hybridized carbons (Fsp3) is 0.474. The summed E-state index contributed by atoms with van der Waals surface area (Å²) in [4.78, 5) is 16.4. The number of fused-ring (bicyclic) bond motifs is 1. The first kappa shape index (κ1) is 16.6. The number of benzene rings is 1. The topological polar surface area (TPSA) is 56.1 Å². The minimum absolute atomic E-state index is 0.165. The van der Waals surface area contributed by atoms with E-state index in [2.05, 4.69) is 27.0 Å². The van der Waals surface area contributed by atoms with E-state index in [1.807, 2.05) is 24.5 Å². The zero-order valence-corrected chi connectivity index (χ0v) is 14.2. The van der Waals surface area contributed by atoms with Gasteiger partial charge in [0.15, 0.2) is 0 Å². The molecule has 3 rings (SSSR count). The number of unbranched alkanes of at least 4 members (excludes halogenated alkanes) is 1. The Morgan fingerprint density at radius 1 is 1.33 bits per heavy atom. The van der Waals surface area contributed by atoms with Gasteiger partial charge >= 0.3 is 0 Å². The summed E-state index contributed by atoms with van der Waals surface area (Å²) in [5.41, 5.74) is 1.29. The lowest BCUT2D eigenvalue weighted by atomic mass is 10.1. The van der Waals surface area contributed by atoms with Crippen molar-refractivity contribution in [2.45, 2.75) is 51.1 Å². The number of carbonyl (C=O) groups is 1. The predicted octanol–water partition coefficient (Wildman–Crippen LogP) is 2.74. The van der Waals surface area contributed by atoms with Gasteiger partial charge in [-0.3, -0.25) is 4.79 Å². The Kier molecular flexibility index (Phi) is 5.51. The number of rotatable bonds is 7. The van der Waals surface area contributed by atoms with Crippen LogP contribution in [0.15, 0.2) is 36.7 Å². The maximum atomic E-state index is 12.1. The predicted molar refractivity (Wildman–Crippen MR) is 93.0 cm³/mol. The van der Waals surface area contributed by atoms with Crippen LogP contribution in [0, 0.1) is 0 Å². The van der Waals surface area contributed by atoms with Crippen LogP contribution in [-0.4, -0.2) is 28.6 Å². The molecule has 5 heteroatoms. The summed E-state index contributed by atoms with van der Waals surface area (Å²) in [7, 11) is 1.67. The van der Waals surface area contributed by atoms with Gasteiger partial charge in [-0.2, -0.15) is 0 Å². The van der Waals surface area contributed by atoms with Crippen molar-refractivity contribution in [1.29, 1.82) is 0 Å². The van der Waals surface area contributed by atoms with Crippen molar-refractivity contribution in [2.24, 2.45) is 0 Å². The maximum Gasteiger partial charge on any atom is 0.220 e. The van der Waals surface area contributed by atoms with Gasteiger partial charge in [0.1, 0.15) is 11.6 Å². The van der Waals surface area contributed by atoms with Crippen LogP contribution >= 0.6 is 0 Å². The minimum atomic E-state index is 0.165. The van der Waals surface area contributed by atoms with Crippen LogP contribution in [0.3, 0.4) is 0 Å². The van der Waals surface area contributed by atoms with E-state index in [-0.39, 0.29) is 11.9 Å². The zero-order valence-electron chi connectivity index (χ0n) is 14.2. The molecule has 1 aromatic carbocycles. The van der Waals surface area contributed by atoms with Gasteiger partial charge in [0.25, 0.3) is 0 Å². The van der Waals surface area contributed by atoms with E-state index in [9.17, 15) is 4.79 Å². The van der Waals surface area contributed by atoms with Crippen LogP contribution in [0.1, 0.15) is 37.1 Å². The van der Waals surface area contributed by atoms with E-state index < -0.39 is 0 Å². The number of aryl methyl sites for hydroxylation is 2. The fourth-order valence-electron chi connectivity index (χ4n) is 3.19. The Labute approximate surface area is 143 Å². The molecule has 1 atom stereocenters. The van der Waals surface area contributed by atoms with Gasteiger partial charge in [0.05, 0.1) is 7.11 Å². The number of nitrogens with one attached hydrogen (secondary N) is 1. The third kappa shape index (κ3) is 4.37. The molecule has 0 unspecified atom stereocenters. The van der Waals surface area contributed by atoms with Gasteiger partial charge in [0.2, 0.25) is 5.91 Å². The molecule has 0 bridgehead atoms. The minimum Gasteiger partial charge on any atom is -0.497 e.